The molecule has 2 unspecified atom stereocenters. The largest absolute Gasteiger partial charge is 0.247 e. The highest BCUT2D eigenvalue weighted by Gasteiger charge is 2.39. The summed E-state index contributed by atoms with van der Waals surface area (Å²) in [6.45, 7) is 5.51. The van der Waals surface area contributed by atoms with Crippen LogP contribution in [0.25, 0.3) is 0 Å². The van der Waals surface area contributed by atoms with E-state index in [1.54, 1.807) is 6.92 Å². The third-order valence-electron chi connectivity index (χ3n) is 5.25. The van der Waals surface area contributed by atoms with Crippen molar-refractivity contribution in [2.45, 2.75) is 64.2 Å². The second kappa shape index (κ2) is 6.16. The Labute approximate surface area is 110 Å². The van der Waals surface area contributed by atoms with Crippen molar-refractivity contribution < 1.29 is 8.78 Å². The molecule has 2 atom stereocenters. The highest BCUT2D eigenvalue weighted by Crippen LogP contribution is 2.43. The molecule has 0 aromatic rings. The quantitative estimate of drug-likeness (QED) is 0.617. The van der Waals surface area contributed by atoms with Gasteiger partial charge >= 0.3 is 0 Å². The van der Waals surface area contributed by atoms with Crippen LogP contribution in [0.5, 0.6) is 0 Å². The molecule has 0 aliphatic heterocycles. The summed E-state index contributed by atoms with van der Waals surface area (Å²) in [7, 11) is 0. The predicted molar refractivity (Wildman–Crippen MR) is 71.9 cm³/mol. The fourth-order valence-electron chi connectivity index (χ4n) is 3.85. The minimum atomic E-state index is -0.926. The van der Waals surface area contributed by atoms with Crippen LogP contribution in [0.2, 0.25) is 0 Å². The maximum absolute atomic E-state index is 13.8. The Hall–Kier alpha value is -0.400. The Bertz CT molecular complexity index is 256. The van der Waals surface area contributed by atoms with Gasteiger partial charge in [-0.25, -0.2) is 8.78 Å². The minimum Gasteiger partial charge on any atom is -0.247 e. The number of rotatable bonds is 3. The van der Waals surface area contributed by atoms with Gasteiger partial charge < -0.3 is 0 Å². The van der Waals surface area contributed by atoms with Gasteiger partial charge in [-0.1, -0.05) is 13.0 Å². The fraction of sp³-hybridized carbons (Fsp3) is 0.875. The van der Waals surface area contributed by atoms with Gasteiger partial charge in [-0.2, -0.15) is 0 Å². The first kappa shape index (κ1) is 14.0. The molecule has 0 heterocycles. The third kappa shape index (κ3) is 3.13. The Kier molecular flexibility index (Phi) is 4.80. The zero-order chi connectivity index (χ0) is 13.1. The zero-order valence-corrected chi connectivity index (χ0v) is 11.5. The zero-order valence-electron chi connectivity index (χ0n) is 11.5. The molecular formula is C16H26F2. The molecule has 0 saturated heterocycles. The summed E-state index contributed by atoms with van der Waals surface area (Å²) in [5.74, 6) is 1.23. The van der Waals surface area contributed by atoms with E-state index in [0.29, 0.717) is 18.8 Å². The van der Waals surface area contributed by atoms with Crippen LogP contribution in [0.15, 0.2) is 12.7 Å². The molecule has 0 bridgehead atoms. The minimum absolute atomic E-state index is 0.288. The van der Waals surface area contributed by atoms with Crippen LogP contribution in [0.3, 0.4) is 0 Å². The van der Waals surface area contributed by atoms with Crippen molar-refractivity contribution in [2.75, 3.05) is 0 Å². The SMILES string of the molecule is C=CCC1CCC(C2CC(F)C(C)C(F)C2)CC1. The first-order valence-corrected chi connectivity index (χ1v) is 7.50. The average Bonchev–Trinajstić information content (AvgIpc) is 2.37. The molecule has 0 aromatic carbocycles. The Morgan fingerprint density at radius 1 is 1.00 bits per heavy atom. The van der Waals surface area contributed by atoms with Crippen LogP contribution in [-0.4, -0.2) is 12.3 Å². The van der Waals surface area contributed by atoms with Crippen LogP contribution >= 0.6 is 0 Å². The maximum atomic E-state index is 13.8. The van der Waals surface area contributed by atoms with Gasteiger partial charge in [-0.15, -0.1) is 6.58 Å². The Balaban J connectivity index is 1.84. The fourth-order valence-corrected chi connectivity index (χ4v) is 3.85. The number of hydrogen-bond donors (Lipinski definition) is 0. The second-order valence-electron chi connectivity index (χ2n) is 6.43. The van der Waals surface area contributed by atoms with Crippen LogP contribution in [0.1, 0.15) is 51.9 Å². The molecule has 104 valence electrons. The maximum Gasteiger partial charge on any atom is 0.106 e. The van der Waals surface area contributed by atoms with Gasteiger partial charge in [-0.05, 0) is 62.7 Å². The standard InChI is InChI=1S/C16H26F2/c1-3-4-12-5-7-13(8-6-12)14-9-15(17)11(2)16(18)10-14/h3,11-16H,1,4-10H2,2H3. The number of halogens is 2. The Morgan fingerprint density at radius 2 is 1.56 bits per heavy atom. The lowest BCUT2D eigenvalue weighted by Crippen LogP contribution is -2.37. The summed E-state index contributed by atoms with van der Waals surface area (Å²) in [6.07, 6.45) is 7.21. The third-order valence-corrected chi connectivity index (χ3v) is 5.25. The summed E-state index contributed by atoms with van der Waals surface area (Å²) in [4.78, 5) is 0. The summed E-state index contributed by atoms with van der Waals surface area (Å²) in [5, 5.41) is 0. The molecule has 2 rings (SSSR count). The molecule has 18 heavy (non-hydrogen) atoms. The number of alkyl halides is 2. The van der Waals surface area contributed by atoms with E-state index in [4.69, 9.17) is 0 Å². The molecule has 0 amide bonds. The van der Waals surface area contributed by atoms with Gasteiger partial charge in [0, 0.05) is 5.92 Å². The van der Waals surface area contributed by atoms with Crippen LogP contribution in [-0.2, 0) is 0 Å². The van der Waals surface area contributed by atoms with Gasteiger partial charge in [0.1, 0.15) is 12.3 Å². The summed E-state index contributed by atoms with van der Waals surface area (Å²) in [5.41, 5.74) is 0. The molecular weight excluding hydrogens is 230 g/mol. The second-order valence-corrected chi connectivity index (χ2v) is 6.43. The van der Waals surface area contributed by atoms with Crippen molar-refractivity contribution in [3.8, 4) is 0 Å². The molecule has 0 aromatic heterocycles. The van der Waals surface area contributed by atoms with E-state index >= 15 is 0 Å². The van der Waals surface area contributed by atoms with E-state index in [1.165, 1.54) is 12.8 Å². The normalized spacial score (nSPS) is 45.7. The molecule has 2 aliphatic rings. The highest BCUT2D eigenvalue weighted by molar-refractivity contribution is 4.89. The predicted octanol–water partition coefficient (Wildman–Crippen LogP) is 5.09. The molecule has 0 radical (unpaired) electrons. The van der Waals surface area contributed by atoms with E-state index < -0.39 is 18.3 Å². The number of hydrogen-bond acceptors (Lipinski definition) is 0. The molecule has 0 nitrogen and oxygen atoms in total. The smallest absolute Gasteiger partial charge is 0.106 e. The topological polar surface area (TPSA) is 0 Å². The molecule has 0 spiro atoms. The van der Waals surface area contributed by atoms with E-state index in [9.17, 15) is 8.78 Å². The summed E-state index contributed by atoms with van der Waals surface area (Å²) < 4.78 is 27.6. The van der Waals surface area contributed by atoms with E-state index in [-0.39, 0.29) is 5.92 Å². The number of allylic oxidation sites excluding steroid dienone is 1. The average molecular weight is 256 g/mol. The van der Waals surface area contributed by atoms with Crippen molar-refractivity contribution >= 4 is 0 Å². The van der Waals surface area contributed by atoms with Gasteiger partial charge in [0.25, 0.3) is 0 Å². The van der Waals surface area contributed by atoms with Crippen molar-refractivity contribution in [2.24, 2.45) is 23.7 Å². The van der Waals surface area contributed by atoms with Gasteiger partial charge in [0.2, 0.25) is 0 Å². The van der Waals surface area contributed by atoms with Crippen molar-refractivity contribution in [1.29, 1.82) is 0 Å². The van der Waals surface area contributed by atoms with Crippen molar-refractivity contribution in [3.05, 3.63) is 12.7 Å². The summed E-state index contributed by atoms with van der Waals surface area (Å²) in [6, 6.07) is 0. The molecule has 2 fully saturated rings. The van der Waals surface area contributed by atoms with E-state index in [2.05, 4.69) is 6.58 Å². The van der Waals surface area contributed by atoms with Crippen molar-refractivity contribution in [3.63, 3.8) is 0 Å². The lowest BCUT2D eigenvalue weighted by molar-refractivity contribution is 0.0233. The van der Waals surface area contributed by atoms with E-state index in [0.717, 1.165) is 25.2 Å². The molecule has 0 N–H and O–H groups in total. The first-order valence-electron chi connectivity index (χ1n) is 7.50. The van der Waals surface area contributed by atoms with Crippen molar-refractivity contribution in [1.82, 2.24) is 0 Å². The van der Waals surface area contributed by atoms with Crippen LogP contribution in [0, 0.1) is 23.7 Å². The van der Waals surface area contributed by atoms with E-state index in [1.807, 2.05) is 6.08 Å². The monoisotopic (exact) mass is 256 g/mol. The Morgan fingerprint density at radius 3 is 2.06 bits per heavy atom. The van der Waals surface area contributed by atoms with Gasteiger partial charge in [0.05, 0.1) is 0 Å². The lowest BCUT2D eigenvalue weighted by Gasteiger charge is -2.39. The lowest BCUT2D eigenvalue weighted by atomic mass is 9.68. The highest BCUT2D eigenvalue weighted by atomic mass is 19.1. The molecule has 2 saturated carbocycles. The summed E-state index contributed by atoms with van der Waals surface area (Å²) >= 11 is 0. The first-order chi connectivity index (χ1) is 8.61. The van der Waals surface area contributed by atoms with Gasteiger partial charge in [-0.3, -0.25) is 0 Å². The van der Waals surface area contributed by atoms with Crippen LogP contribution in [0.4, 0.5) is 8.78 Å². The molecule has 2 heteroatoms. The molecule has 2 aliphatic carbocycles. The van der Waals surface area contributed by atoms with Gasteiger partial charge in [0.15, 0.2) is 0 Å². The van der Waals surface area contributed by atoms with Crippen LogP contribution < -0.4 is 0 Å².